The third kappa shape index (κ3) is 4.92. The van der Waals surface area contributed by atoms with Crippen LogP contribution in [0, 0.1) is 17.2 Å². The lowest BCUT2D eigenvalue weighted by molar-refractivity contribution is 0.502. The third-order valence-electron chi connectivity index (χ3n) is 3.48. The van der Waals surface area contributed by atoms with Crippen LogP contribution in [0.2, 0.25) is 0 Å². The van der Waals surface area contributed by atoms with E-state index in [1.54, 1.807) is 0 Å². The zero-order valence-corrected chi connectivity index (χ0v) is 11.7. The SMILES string of the molecule is CC(CNC1CC1)CN(CCC#N)c1ccccc1. The molecular weight excluding hydrogens is 234 g/mol. The van der Waals surface area contributed by atoms with Gasteiger partial charge >= 0.3 is 0 Å². The average Bonchev–Trinajstić information content (AvgIpc) is 3.26. The first kappa shape index (κ1) is 13.9. The highest BCUT2D eigenvalue weighted by atomic mass is 15.1. The third-order valence-corrected chi connectivity index (χ3v) is 3.48. The van der Waals surface area contributed by atoms with Crippen LogP contribution in [0.1, 0.15) is 26.2 Å². The summed E-state index contributed by atoms with van der Waals surface area (Å²) >= 11 is 0. The molecule has 1 unspecified atom stereocenters. The van der Waals surface area contributed by atoms with Crippen molar-refractivity contribution in [3.8, 4) is 6.07 Å². The summed E-state index contributed by atoms with van der Waals surface area (Å²) in [6.45, 7) is 5.16. The molecule has 3 heteroatoms. The minimum Gasteiger partial charge on any atom is -0.370 e. The Morgan fingerprint density at radius 1 is 1.37 bits per heavy atom. The van der Waals surface area contributed by atoms with Gasteiger partial charge in [-0.25, -0.2) is 0 Å². The molecule has 1 N–H and O–H groups in total. The first-order chi connectivity index (χ1) is 9.29. The molecule has 102 valence electrons. The molecule has 0 amide bonds. The lowest BCUT2D eigenvalue weighted by Crippen LogP contribution is -2.34. The second-order valence-electron chi connectivity index (χ2n) is 5.48. The lowest BCUT2D eigenvalue weighted by Gasteiger charge is -2.27. The molecule has 0 spiro atoms. The van der Waals surface area contributed by atoms with E-state index in [9.17, 15) is 0 Å². The van der Waals surface area contributed by atoms with Crippen LogP contribution in [0.3, 0.4) is 0 Å². The van der Waals surface area contributed by atoms with Crippen molar-refractivity contribution < 1.29 is 0 Å². The van der Waals surface area contributed by atoms with Crippen LogP contribution < -0.4 is 10.2 Å². The second-order valence-corrected chi connectivity index (χ2v) is 5.48. The van der Waals surface area contributed by atoms with Crippen molar-refractivity contribution in [3.05, 3.63) is 30.3 Å². The number of rotatable bonds is 8. The van der Waals surface area contributed by atoms with E-state index in [1.165, 1.54) is 18.5 Å². The maximum atomic E-state index is 8.79. The molecule has 1 atom stereocenters. The standard InChI is InChI=1S/C16H23N3/c1-14(12-18-15-8-9-15)13-19(11-5-10-17)16-6-3-2-4-7-16/h2-4,6-7,14-15,18H,5,8-9,11-13H2,1H3. The van der Waals surface area contributed by atoms with E-state index in [1.807, 2.05) is 6.07 Å². The van der Waals surface area contributed by atoms with Crippen molar-refractivity contribution >= 4 is 5.69 Å². The lowest BCUT2D eigenvalue weighted by atomic mass is 10.1. The molecule has 1 fully saturated rings. The summed E-state index contributed by atoms with van der Waals surface area (Å²) in [5, 5.41) is 12.4. The van der Waals surface area contributed by atoms with Gasteiger partial charge in [-0.3, -0.25) is 0 Å². The minimum atomic E-state index is 0.581. The van der Waals surface area contributed by atoms with Gasteiger partial charge in [0.2, 0.25) is 0 Å². The molecule has 1 aromatic rings. The molecule has 1 aliphatic rings. The smallest absolute Gasteiger partial charge is 0.0640 e. The monoisotopic (exact) mass is 257 g/mol. The molecule has 0 heterocycles. The van der Waals surface area contributed by atoms with Gasteiger partial charge in [0.05, 0.1) is 12.5 Å². The van der Waals surface area contributed by atoms with Gasteiger partial charge in [-0.05, 0) is 37.4 Å². The number of para-hydroxylation sites is 1. The van der Waals surface area contributed by atoms with Crippen molar-refractivity contribution in [2.24, 2.45) is 5.92 Å². The fourth-order valence-electron chi connectivity index (χ4n) is 2.25. The van der Waals surface area contributed by atoms with Crippen LogP contribution in [0.25, 0.3) is 0 Å². The Morgan fingerprint density at radius 2 is 2.11 bits per heavy atom. The molecule has 0 aliphatic heterocycles. The van der Waals surface area contributed by atoms with Crippen LogP contribution in [-0.2, 0) is 0 Å². The molecule has 3 nitrogen and oxygen atoms in total. The molecule has 0 radical (unpaired) electrons. The van der Waals surface area contributed by atoms with Crippen LogP contribution in [0.5, 0.6) is 0 Å². The molecule has 2 rings (SSSR count). The highest BCUT2D eigenvalue weighted by molar-refractivity contribution is 5.46. The normalized spacial score (nSPS) is 15.8. The first-order valence-corrected chi connectivity index (χ1v) is 7.20. The van der Waals surface area contributed by atoms with Crippen LogP contribution in [0.15, 0.2) is 30.3 Å². The number of nitrogens with zero attached hydrogens (tertiary/aromatic N) is 2. The number of hydrogen-bond donors (Lipinski definition) is 1. The predicted molar refractivity (Wildman–Crippen MR) is 79.1 cm³/mol. The molecule has 0 aromatic heterocycles. The van der Waals surface area contributed by atoms with Gasteiger partial charge in [-0.1, -0.05) is 25.1 Å². The maximum Gasteiger partial charge on any atom is 0.0640 e. The molecule has 1 saturated carbocycles. The van der Waals surface area contributed by atoms with Crippen molar-refractivity contribution in [2.45, 2.75) is 32.2 Å². The van der Waals surface area contributed by atoms with Gasteiger partial charge in [-0.15, -0.1) is 0 Å². The van der Waals surface area contributed by atoms with E-state index in [0.717, 1.165) is 25.7 Å². The summed E-state index contributed by atoms with van der Waals surface area (Å²) in [6, 6.07) is 13.4. The molecule has 0 saturated heterocycles. The summed E-state index contributed by atoms with van der Waals surface area (Å²) < 4.78 is 0. The van der Waals surface area contributed by atoms with Crippen molar-refractivity contribution in [1.82, 2.24) is 5.32 Å². The van der Waals surface area contributed by atoms with E-state index in [-0.39, 0.29) is 0 Å². The number of hydrogen-bond acceptors (Lipinski definition) is 3. The second kappa shape index (κ2) is 7.16. The quantitative estimate of drug-likeness (QED) is 0.778. The number of nitriles is 1. The van der Waals surface area contributed by atoms with Gasteiger partial charge in [0.15, 0.2) is 0 Å². The fraction of sp³-hybridized carbons (Fsp3) is 0.562. The number of benzene rings is 1. The topological polar surface area (TPSA) is 39.1 Å². The Bertz CT molecular complexity index is 406. The summed E-state index contributed by atoms with van der Waals surface area (Å²) in [6.07, 6.45) is 3.25. The number of anilines is 1. The van der Waals surface area contributed by atoms with Crippen molar-refractivity contribution in [2.75, 3.05) is 24.5 Å². The van der Waals surface area contributed by atoms with Gasteiger partial charge in [0.25, 0.3) is 0 Å². The summed E-state index contributed by atoms with van der Waals surface area (Å²) in [5.41, 5.74) is 1.22. The summed E-state index contributed by atoms with van der Waals surface area (Å²) in [5.74, 6) is 0.597. The van der Waals surface area contributed by atoms with E-state index >= 15 is 0 Å². The van der Waals surface area contributed by atoms with Crippen molar-refractivity contribution in [3.63, 3.8) is 0 Å². The van der Waals surface area contributed by atoms with E-state index in [4.69, 9.17) is 5.26 Å². The summed E-state index contributed by atoms with van der Waals surface area (Å²) in [7, 11) is 0. The molecule has 1 aliphatic carbocycles. The van der Waals surface area contributed by atoms with Gasteiger partial charge < -0.3 is 10.2 Å². The highest BCUT2D eigenvalue weighted by Crippen LogP contribution is 2.19. The zero-order valence-electron chi connectivity index (χ0n) is 11.7. The van der Waals surface area contributed by atoms with Gasteiger partial charge in [0.1, 0.15) is 0 Å². The molecule has 0 bridgehead atoms. The first-order valence-electron chi connectivity index (χ1n) is 7.20. The largest absolute Gasteiger partial charge is 0.370 e. The average molecular weight is 257 g/mol. The summed E-state index contributed by atoms with van der Waals surface area (Å²) in [4.78, 5) is 2.32. The van der Waals surface area contributed by atoms with Crippen LogP contribution >= 0.6 is 0 Å². The van der Waals surface area contributed by atoms with Gasteiger partial charge in [-0.2, -0.15) is 5.26 Å². The maximum absolute atomic E-state index is 8.79. The van der Waals surface area contributed by atoms with E-state index in [2.05, 4.69) is 47.5 Å². The van der Waals surface area contributed by atoms with Gasteiger partial charge in [0, 0.05) is 24.8 Å². The highest BCUT2D eigenvalue weighted by Gasteiger charge is 2.21. The van der Waals surface area contributed by atoms with Crippen molar-refractivity contribution in [1.29, 1.82) is 5.26 Å². The minimum absolute atomic E-state index is 0.581. The fourth-order valence-corrected chi connectivity index (χ4v) is 2.25. The zero-order chi connectivity index (χ0) is 13.5. The van der Waals surface area contributed by atoms with E-state index < -0.39 is 0 Å². The molecular formula is C16H23N3. The number of nitrogens with one attached hydrogen (secondary N) is 1. The van der Waals surface area contributed by atoms with Crippen LogP contribution in [-0.4, -0.2) is 25.7 Å². The Kier molecular flexibility index (Phi) is 5.23. The molecule has 1 aromatic carbocycles. The van der Waals surface area contributed by atoms with E-state index in [0.29, 0.717) is 12.3 Å². The van der Waals surface area contributed by atoms with Crippen LogP contribution in [0.4, 0.5) is 5.69 Å². The Morgan fingerprint density at radius 3 is 2.74 bits per heavy atom. The Balaban J connectivity index is 1.87. The Hall–Kier alpha value is -1.53. The predicted octanol–water partition coefficient (Wildman–Crippen LogP) is 2.79. The molecule has 19 heavy (non-hydrogen) atoms. The Labute approximate surface area is 116 Å².